The predicted octanol–water partition coefficient (Wildman–Crippen LogP) is 1.64. The van der Waals surface area contributed by atoms with Crippen LogP contribution in [0.25, 0.3) is 0 Å². The third-order valence-corrected chi connectivity index (χ3v) is 4.81. The van der Waals surface area contributed by atoms with Gasteiger partial charge in [0, 0.05) is 33.4 Å². The quantitative estimate of drug-likeness (QED) is 0.587. The fourth-order valence-electron chi connectivity index (χ4n) is 3.20. The van der Waals surface area contributed by atoms with Gasteiger partial charge in [-0.3, -0.25) is 14.5 Å². The molecule has 9 heteroatoms. The van der Waals surface area contributed by atoms with Crippen LogP contribution in [-0.2, 0) is 11.8 Å². The van der Waals surface area contributed by atoms with Crippen molar-refractivity contribution in [3.8, 4) is 5.75 Å². The van der Waals surface area contributed by atoms with Gasteiger partial charge in [-0.15, -0.1) is 0 Å². The molecule has 1 atom stereocenters. The molecule has 0 aliphatic carbocycles. The number of halogens is 1. The van der Waals surface area contributed by atoms with Gasteiger partial charge in [-0.1, -0.05) is 19.1 Å². The summed E-state index contributed by atoms with van der Waals surface area (Å²) >= 11 is 0. The first-order valence-electron chi connectivity index (χ1n) is 9.67. The summed E-state index contributed by atoms with van der Waals surface area (Å²) in [5.74, 6) is 0.463. The number of aromatic nitrogens is 2. The minimum absolute atomic E-state index is 0.0122. The Morgan fingerprint density at radius 2 is 2.17 bits per heavy atom. The van der Waals surface area contributed by atoms with Crippen LogP contribution in [0.2, 0.25) is 0 Å². The third-order valence-electron chi connectivity index (χ3n) is 4.81. The molecule has 1 fully saturated rings. The second-order valence-corrected chi connectivity index (χ2v) is 6.85. The number of aliphatic imine (C=N–C) groups is 1. The zero-order chi connectivity index (χ0) is 20.8. The highest BCUT2D eigenvalue weighted by Gasteiger charge is 2.28. The summed E-state index contributed by atoms with van der Waals surface area (Å²) in [5, 5.41) is 7.38. The number of nitrogens with zero attached hydrogens (tertiary/aromatic N) is 5. The van der Waals surface area contributed by atoms with Gasteiger partial charge >= 0.3 is 0 Å². The summed E-state index contributed by atoms with van der Waals surface area (Å²) in [7, 11) is 3.50. The summed E-state index contributed by atoms with van der Waals surface area (Å²) in [4.78, 5) is 20.5. The molecular weight excluding hydrogens is 375 g/mol. The van der Waals surface area contributed by atoms with E-state index in [2.05, 4.69) is 15.4 Å². The Kier molecular flexibility index (Phi) is 6.69. The van der Waals surface area contributed by atoms with Crippen LogP contribution in [0.15, 0.2) is 41.7 Å². The van der Waals surface area contributed by atoms with Crippen molar-refractivity contribution in [1.29, 1.82) is 0 Å². The Balaban J connectivity index is 1.56. The van der Waals surface area contributed by atoms with Crippen molar-refractivity contribution in [2.24, 2.45) is 12.0 Å². The van der Waals surface area contributed by atoms with Crippen molar-refractivity contribution in [1.82, 2.24) is 20.0 Å². The van der Waals surface area contributed by atoms with E-state index < -0.39 is 0 Å². The summed E-state index contributed by atoms with van der Waals surface area (Å²) in [6.45, 7) is 3.85. The van der Waals surface area contributed by atoms with Gasteiger partial charge in [-0.2, -0.15) is 5.10 Å². The Morgan fingerprint density at radius 3 is 2.79 bits per heavy atom. The minimum atomic E-state index is -0.382. The molecule has 156 valence electrons. The maximum atomic E-state index is 13.8. The van der Waals surface area contributed by atoms with Crippen molar-refractivity contribution >= 4 is 17.6 Å². The molecule has 1 aromatic heterocycles. The molecule has 0 bridgehead atoms. The first kappa shape index (κ1) is 20.6. The van der Waals surface area contributed by atoms with Gasteiger partial charge in [0.25, 0.3) is 0 Å². The zero-order valence-electron chi connectivity index (χ0n) is 17.0. The van der Waals surface area contributed by atoms with E-state index in [4.69, 9.17) is 4.74 Å². The highest BCUT2D eigenvalue weighted by Crippen LogP contribution is 2.18. The molecule has 1 saturated heterocycles. The second kappa shape index (κ2) is 9.40. The number of nitrogens with one attached hydrogen (secondary N) is 1. The van der Waals surface area contributed by atoms with Crippen LogP contribution in [0, 0.1) is 5.82 Å². The van der Waals surface area contributed by atoms with E-state index >= 15 is 0 Å². The predicted molar refractivity (Wildman–Crippen MR) is 110 cm³/mol. The number of hydrogen-bond donors (Lipinski definition) is 1. The molecule has 1 amide bonds. The summed E-state index contributed by atoms with van der Waals surface area (Å²) in [6, 6.07) is 6.36. The molecule has 2 heterocycles. The van der Waals surface area contributed by atoms with Crippen LogP contribution < -0.4 is 15.0 Å². The molecule has 2 aromatic rings. The Labute approximate surface area is 170 Å². The fraction of sp³-hybridized carbons (Fsp3) is 0.450. The smallest absolute Gasteiger partial charge is 0.246 e. The van der Waals surface area contributed by atoms with Crippen LogP contribution in [0.4, 0.5) is 10.1 Å². The number of amides is 1. The van der Waals surface area contributed by atoms with E-state index in [1.54, 1.807) is 41.0 Å². The van der Waals surface area contributed by atoms with Crippen molar-refractivity contribution in [3.05, 3.63) is 42.5 Å². The van der Waals surface area contributed by atoms with Crippen LogP contribution >= 0.6 is 0 Å². The van der Waals surface area contributed by atoms with Crippen molar-refractivity contribution < 1.29 is 13.9 Å². The number of aryl methyl sites for hydroxylation is 1. The van der Waals surface area contributed by atoms with E-state index in [-0.39, 0.29) is 30.1 Å². The van der Waals surface area contributed by atoms with E-state index in [0.29, 0.717) is 32.0 Å². The number of para-hydroxylation sites is 1. The highest BCUT2D eigenvalue weighted by molar-refractivity contribution is 5.98. The van der Waals surface area contributed by atoms with Crippen molar-refractivity contribution in [3.63, 3.8) is 0 Å². The van der Waals surface area contributed by atoms with Gasteiger partial charge in [0.1, 0.15) is 12.6 Å². The van der Waals surface area contributed by atoms with Gasteiger partial charge in [0.05, 0.1) is 18.4 Å². The third kappa shape index (κ3) is 5.04. The lowest BCUT2D eigenvalue weighted by Gasteiger charge is -2.35. The molecule has 29 heavy (non-hydrogen) atoms. The van der Waals surface area contributed by atoms with Crippen LogP contribution in [-0.4, -0.2) is 65.9 Å². The average Bonchev–Trinajstić information content (AvgIpc) is 3.15. The lowest BCUT2D eigenvalue weighted by atomic mass is 10.2. The molecule has 8 nitrogen and oxygen atoms in total. The van der Waals surface area contributed by atoms with Crippen LogP contribution in [0.5, 0.6) is 5.75 Å². The highest BCUT2D eigenvalue weighted by atomic mass is 19.1. The summed E-state index contributed by atoms with van der Waals surface area (Å²) in [5.41, 5.74) is 0.796. The molecular formula is C20H27FN6O2. The monoisotopic (exact) mass is 402 g/mol. The van der Waals surface area contributed by atoms with E-state index in [0.717, 1.165) is 5.69 Å². The zero-order valence-corrected chi connectivity index (χ0v) is 17.0. The molecule has 0 saturated carbocycles. The van der Waals surface area contributed by atoms with Gasteiger partial charge in [-0.05, 0) is 18.6 Å². The van der Waals surface area contributed by atoms with Crippen LogP contribution in [0.1, 0.15) is 13.3 Å². The SMILES string of the molecule is CCC(CNC(=NC)N1CCN(c2cnn(C)c2)C(=O)C1)Oc1ccccc1F. The standard InChI is InChI=1S/C20H27FN6O2/c1-4-16(29-18-8-6-5-7-17(18)21)12-23-20(22-2)26-9-10-27(19(28)14-26)15-11-24-25(3)13-15/h5-8,11,13,16H,4,9-10,12,14H2,1-3H3,(H,22,23). The largest absolute Gasteiger partial charge is 0.486 e. The number of ether oxygens (including phenoxy) is 1. The average molecular weight is 402 g/mol. The second-order valence-electron chi connectivity index (χ2n) is 6.85. The maximum absolute atomic E-state index is 13.8. The topological polar surface area (TPSA) is 75.0 Å². The number of piperazine rings is 1. The molecule has 0 radical (unpaired) electrons. The van der Waals surface area contributed by atoms with Gasteiger partial charge in [-0.25, -0.2) is 4.39 Å². The first-order valence-corrected chi connectivity index (χ1v) is 9.67. The molecule has 1 aliphatic heterocycles. The Hall–Kier alpha value is -3.10. The lowest BCUT2D eigenvalue weighted by Crippen LogP contribution is -2.56. The molecule has 0 spiro atoms. The normalized spacial score (nSPS) is 16.1. The number of anilines is 1. The lowest BCUT2D eigenvalue weighted by molar-refractivity contribution is -0.120. The number of carbonyl (C=O) groups excluding carboxylic acids is 1. The minimum Gasteiger partial charge on any atom is -0.486 e. The van der Waals surface area contributed by atoms with Crippen LogP contribution in [0.3, 0.4) is 0 Å². The van der Waals surface area contributed by atoms with Crippen molar-refractivity contribution in [2.75, 3.05) is 38.1 Å². The molecule has 1 N–H and O–H groups in total. The van der Waals surface area contributed by atoms with Gasteiger partial charge in [0.15, 0.2) is 17.5 Å². The van der Waals surface area contributed by atoms with Crippen molar-refractivity contribution in [2.45, 2.75) is 19.4 Å². The number of guanidine groups is 1. The number of rotatable bonds is 6. The summed E-state index contributed by atoms with van der Waals surface area (Å²) < 4.78 is 21.3. The number of benzene rings is 1. The number of hydrogen-bond acceptors (Lipinski definition) is 4. The number of carbonyl (C=O) groups is 1. The fourth-order valence-corrected chi connectivity index (χ4v) is 3.20. The Bertz CT molecular complexity index is 868. The van der Waals surface area contributed by atoms with E-state index in [1.165, 1.54) is 6.07 Å². The molecule has 1 unspecified atom stereocenters. The summed E-state index contributed by atoms with van der Waals surface area (Å²) in [6.07, 6.45) is 3.99. The van der Waals surface area contributed by atoms with Gasteiger partial charge in [0.2, 0.25) is 5.91 Å². The van der Waals surface area contributed by atoms with E-state index in [1.807, 2.05) is 25.1 Å². The maximum Gasteiger partial charge on any atom is 0.246 e. The molecule has 1 aliphatic rings. The first-order chi connectivity index (χ1) is 14.0. The van der Waals surface area contributed by atoms with Gasteiger partial charge < -0.3 is 19.9 Å². The Morgan fingerprint density at radius 1 is 1.38 bits per heavy atom. The van der Waals surface area contributed by atoms with E-state index in [9.17, 15) is 9.18 Å². The molecule has 1 aromatic carbocycles. The molecule has 3 rings (SSSR count).